The van der Waals surface area contributed by atoms with Crippen LogP contribution in [0.3, 0.4) is 0 Å². The molecule has 0 bridgehead atoms. The summed E-state index contributed by atoms with van der Waals surface area (Å²) >= 11 is 0. The van der Waals surface area contributed by atoms with E-state index in [1.165, 1.54) is 13.2 Å². The molecule has 0 spiro atoms. The summed E-state index contributed by atoms with van der Waals surface area (Å²) in [4.78, 5) is 21.9. The summed E-state index contributed by atoms with van der Waals surface area (Å²) in [7, 11) is 1.34. The number of nitro benzene ring substituents is 2. The van der Waals surface area contributed by atoms with Crippen LogP contribution in [-0.2, 0) is 10.8 Å². The molecule has 0 aromatic heterocycles. The fourth-order valence-corrected chi connectivity index (χ4v) is 2.46. The second-order valence-corrected chi connectivity index (χ2v) is 7.21. The van der Waals surface area contributed by atoms with Gasteiger partial charge in [0.25, 0.3) is 5.69 Å². The maximum Gasteiger partial charge on any atom is 0.321 e. The fraction of sp³-hybridized carbons (Fsp3) is 0.600. The Kier molecular flexibility index (Phi) is 4.51. The molecule has 0 unspecified atom stereocenters. The van der Waals surface area contributed by atoms with Crippen LogP contribution in [-0.4, -0.2) is 17.0 Å². The molecular formula is C15H22N2O5. The van der Waals surface area contributed by atoms with Crippen molar-refractivity contribution in [2.45, 2.75) is 52.4 Å². The first-order valence-corrected chi connectivity index (χ1v) is 6.87. The molecule has 1 aromatic carbocycles. The Labute approximate surface area is 129 Å². The third-order valence-corrected chi connectivity index (χ3v) is 3.38. The van der Waals surface area contributed by atoms with E-state index in [1.807, 2.05) is 20.8 Å². The van der Waals surface area contributed by atoms with Crippen LogP contribution in [0.5, 0.6) is 5.75 Å². The smallest absolute Gasteiger partial charge is 0.321 e. The lowest BCUT2D eigenvalue weighted by Gasteiger charge is -2.25. The number of nitro groups is 2. The van der Waals surface area contributed by atoms with Gasteiger partial charge in [0.1, 0.15) is 5.56 Å². The Morgan fingerprint density at radius 2 is 1.45 bits per heavy atom. The highest BCUT2D eigenvalue weighted by atomic mass is 16.6. The molecule has 22 heavy (non-hydrogen) atoms. The molecule has 0 fully saturated rings. The highest BCUT2D eigenvalue weighted by molar-refractivity contribution is 5.69. The van der Waals surface area contributed by atoms with Gasteiger partial charge in [-0.2, -0.15) is 0 Å². The second kappa shape index (κ2) is 5.55. The van der Waals surface area contributed by atoms with E-state index in [2.05, 4.69) is 0 Å². The van der Waals surface area contributed by atoms with Crippen molar-refractivity contribution in [2.24, 2.45) is 0 Å². The lowest BCUT2D eigenvalue weighted by molar-refractivity contribution is -0.396. The number of methoxy groups -OCH3 is 1. The van der Waals surface area contributed by atoms with E-state index in [1.54, 1.807) is 20.8 Å². The van der Waals surface area contributed by atoms with Crippen molar-refractivity contribution in [3.05, 3.63) is 37.4 Å². The number of nitrogens with zero attached hydrogens (tertiary/aromatic N) is 2. The van der Waals surface area contributed by atoms with Gasteiger partial charge in [0.05, 0.1) is 17.0 Å². The van der Waals surface area contributed by atoms with Crippen molar-refractivity contribution in [3.8, 4) is 5.75 Å². The van der Waals surface area contributed by atoms with E-state index in [9.17, 15) is 20.2 Å². The quantitative estimate of drug-likeness (QED) is 0.618. The Balaban J connectivity index is 4.09. The Bertz CT molecular complexity index is 624. The van der Waals surface area contributed by atoms with Crippen LogP contribution in [0.15, 0.2) is 6.07 Å². The van der Waals surface area contributed by atoms with E-state index in [4.69, 9.17) is 4.74 Å². The predicted octanol–water partition coefficient (Wildman–Crippen LogP) is 4.11. The predicted molar refractivity (Wildman–Crippen MR) is 83.7 cm³/mol. The summed E-state index contributed by atoms with van der Waals surface area (Å²) in [5, 5.41) is 23.1. The minimum Gasteiger partial charge on any atom is -0.490 e. The topological polar surface area (TPSA) is 95.5 Å². The molecule has 7 nitrogen and oxygen atoms in total. The molecule has 122 valence electrons. The number of hydrogen-bond acceptors (Lipinski definition) is 5. The minimum atomic E-state index is -0.769. The largest absolute Gasteiger partial charge is 0.490 e. The van der Waals surface area contributed by atoms with Gasteiger partial charge in [-0.25, -0.2) is 0 Å². The van der Waals surface area contributed by atoms with Crippen LogP contribution in [0, 0.1) is 20.2 Å². The maximum atomic E-state index is 11.6. The number of ether oxygens (including phenoxy) is 1. The van der Waals surface area contributed by atoms with Crippen LogP contribution in [0.1, 0.15) is 52.7 Å². The SMILES string of the molecule is COc1c(C(C)(C)C)cc([N+](=O)[O-])c(C(C)(C)C)c1[N+](=O)[O-]. The molecule has 0 aliphatic heterocycles. The van der Waals surface area contributed by atoms with E-state index < -0.39 is 20.7 Å². The molecule has 0 amide bonds. The molecule has 0 saturated carbocycles. The molecule has 1 aromatic rings. The summed E-state index contributed by atoms with van der Waals surface area (Å²) in [5.41, 5.74) is -1.35. The number of hydrogen-bond donors (Lipinski definition) is 0. The molecule has 0 atom stereocenters. The third-order valence-electron chi connectivity index (χ3n) is 3.38. The molecule has 0 aliphatic rings. The zero-order valence-corrected chi connectivity index (χ0v) is 14.0. The van der Waals surface area contributed by atoms with Gasteiger partial charge >= 0.3 is 5.69 Å². The van der Waals surface area contributed by atoms with Gasteiger partial charge in [-0.15, -0.1) is 0 Å². The molecular weight excluding hydrogens is 288 g/mol. The van der Waals surface area contributed by atoms with Gasteiger partial charge in [0.15, 0.2) is 0 Å². The molecule has 0 saturated heterocycles. The van der Waals surface area contributed by atoms with Crippen LogP contribution in [0.25, 0.3) is 0 Å². The summed E-state index contributed by atoms with van der Waals surface area (Å²) in [6.45, 7) is 10.6. The average Bonchev–Trinajstić information content (AvgIpc) is 2.33. The Morgan fingerprint density at radius 1 is 0.955 bits per heavy atom. The van der Waals surface area contributed by atoms with Gasteiger partial charge in [0.2, 0.25) is 5.75 Å². The van der Waals surface area contributed by atoms with E-state index in [-0.39, 0.29) is 22.7 Å². The van der Waals surface area contributed by atoms with Crippen LogP contribution in [0.4, 0.5) is 11.4 Å². The second-order valence-electron chi connectivity index (χ2n) is 7.21. The molecule has 0 aliphatic carbocycles. The third kappa shape index (κ3) is 3.18. The normalized spacial score (nSPS) is 12.1. The summed E-state index contributed by atoms with van der Waals surface area (Å²) in [6, 6.07) is 1.40. The van der Waals surface area contributed by atoms with E-state index >= 15 is 0 Å². The van der Waals surface area contributed by atoms with Crippen molar-refractivity contribution >= 4 is 11.4 Å². The van der Waals surface area contributed by atoms with Crippen LogP contribution < -0.4 is 4.74 Å². The fourth-order valence-electron chi connectivity index (χ4n) is 2.46. The minimum absolute atomic E-state index is 0.0763. The maximum absolute atomic E-state index is 11.6. The van der Waals surface area contributed by atoms with Crippen molar-refractivity contribution in [1.29, 1.82) is 0 Å². The van der Waals surface area contributed by atoms with Gasteiger partial charge in [-0.1, -0.05) is 41.5 Å². The summed E-state index contributed by atoms with van der Waals surface area (Å²) in [6.07, 6.45) is 0. The molecule has 1 rings (SSSR count). The zero-order chi connectivity index (χ0) is 17.5. The van der Waals surface area contributed by atoms with Crippen LogP contribution >= 0.6 is 0 Å². The highest BCUT2D eigenvalue weighted by Gasteiger charge is 2.40. The summed E-state index contributed by atoms with van der Waals surface area (Å²) in [5.74, 6) is 0.0908. The number of rotatable bonds is 3. The van der Waals surface area contributed by atoms with Crippen LogP contribution in [0.2, 0.25) is 0 Å². The van der Waals surface area contributed by atoms with E-state index in [0.29, 0.717) is 5.56 Å². The highest BCUT2D eigenvalue weighted by Crippen LogP contribution is 2.48. The van der Waals surface area contributed by atoms with Crippen molar-refractivity contribution in [2.75, 3.05) is 7.11 Å². The van der Waals surface area contributed by atoms with Gasteiger partial charge in [0, 0.05) is 17.0 Å². The van der Waals surface area contributed by atoms with Gasteiger partial charge in [-0.05, 0) is 5.41 Å². The van der Waals surface area contributed by atoms with Gasteiger partial charge < -0.3 is 4.74 Å². The van der Waals surface area contributed by atoms with Gasteiger partial charge in [-0.3, -0.25) is 20.2 Å². The Hall–Kier alpha value is -2.18. The van der Waals surface area contributed by atoms with Crippen molar-refractivity contribution in [3.63, 3.8) is 0 Å². The molecule has 7 heteroatoms. The first-order chi connectivity index (χ1) is 9.82. The molecule has 0 heterocycles. The molecule has 0 N–H and O–H groups in total. The van der Waals surface area contributed by atoms with Crippen molar-refractivity contribution in [1.82, 2.24) is 0 Å². The number of benzene rings is 1. The zero-order valence-electron chi connectivity index (χ0n) is 14.0. The average molecular weight is 310 g/mol. The summed E-state index contributed by atoms with van der Waals surface area (Å²) < 4.78 is 5.27. The van der Waals surface area contributed by atoms with Crippen molar-refractivity contribution < 1.29 is 14.6 Å². The standard InChI is InChI=1S/C15H22N2O5/c1-14(2,3)9-8-10(16(18)19)11(15(4,5)6)12(17(20)21)13(9)22-7/h8H,1-7H3. The first kappa shape index (κ1) is 17.9. The lowest BCUT2D eigenvalue weighted by Crippen LogP contribution is -2.21. The molecule has 0 radical (unpaired) electrons. The van der Waals surface area contributed by atoms with E-state index in [0.717, 1.165) is 0 Å². The monoisotopic (exact) mass is 310 g/mol. The lowest BCUT2D eigenvalue weighted by atomic mass is 9.79. The first-order valence-electron chi connectivity index (χ1n) is 6.87. The Morgan fingerprint density at radius 3 is 1.73 bits per heavy atom.